The highest BCUT2D eigenvalue weighted by Crippen LogP contribution is 2.40. The Kier molecular flexibility index (Phi) is 4.91. The summed E-state index contributed by atoms with van der Waals surface area (Å²) in [5.74, 6) is 0.944. The largest absolute Gasteiger partial charge is 0.456 e. The van der Waals surface area contributed by atoms with E-state index in [2.05, 4.69) is 4.98 Å². The van der Waals surface area contributed by atoms with Gasteiger partial charge in [-0.1, -0.05) is 60.7 Å². The number of carbonyl (C=O) groups excluding carboxylic acids is 1. The summed E-state index contributed by atoms with van der Waals surface area (Å²) in [6.45, 7) is 0.410. The maximum atomic E-state index is 12.9. The van der Waals surface area contributed by atoms with E-state index in [9.17, 15) is 4.79 Å². The fourth-order valence-electron chi connectivity index (χ4n) is 3.19. The summed E-state index contributed by atoms with van der Waals surface area (Å²) >= 11 is 1.45. The standard InChI is InChI=1S/C24H17NO4S/c26-24(27-14-16-7-3-1-4-8-16)21-22(17-9-5-2-6-10-17)30-23(25-21)18-11-12-19-20(13-18)29-15-28-19/h1-13H,14-15H2. The summed E-state index contributed by atoms with van der Waals surface area (Å²) in [6.07, 6.45) is 0. The van der Waals surface area contributed by atoms with Gasteiger partial charge in [0.1, 0.15) is 11.6 Å². The van der Waals surface area contributed by atoms with Crippen molar-refractivity contribution in [3.63, 3.8) is 0 Å². The zero-order valence-corrected chi connectivity index (χ0v) is 16.7. The second kappa shape index (κ2) is 8.00. The van der Waals surface area contributed by atoms with E-state index in [-0.39, 0.29) is 13.4 Å². The van der Waals surface area contributed by atoms with E-state index in [0.29, 0.717) is 17.2 Å². The first-order valence-electron chi connectivity index (χ1n) is 9.45. The molecule has 0 N–H and O–H groups in total. The third-order valence-electron chi connectivity index (χ3n) is 4.69. The number of ether oxygens (including phenoxy) is 3. The van der Waals surface area contributed by atoms with Crippen LogP contribution in [0.25, 0.3) is 21.0 Å². The van der Waals surface area contributed by atoms with E-state index in [1.807, 2.05) is 78.9 Å². The van der Waals surface area contributed by atoms with Crippen molar-refractivity contribution in [3.8, 4) is 32.5 Å². The van der Waals surface area contributed by atoms with Crippen LogP contribution in [-0.2, 0) is 11.3 Å². The molecule has 0 fully saturated rings. The van der Waals surface area contributed by atoms with Crippen molar-refractivity contribution in [1.29, 1.82) is 0 Å². The van der Waals surface area contributed by atoms with Gasteiger partial charge in [-0.2, -0.15) is 0 Å². The Balaban J connectivity index is 1.49. The van der Waals surface area contributed by atoms with Crippen LogP contribution in [0.4, 0.5) is 0 Å². The summed E-state index contributed by atoms with van der Waals surface area (Å²) in [6, 6.07) is 25.0. The molecule has 1 aromatic heterocycles. The SMILES string of the molecule is O=C(OCc1ccccc1)c1nc(-c2ccc3c(c2)OCO3)sc1-c1ccccc1. The Morgan fingerprint density at radius 2 is 1.63 bits per heavy atom. The molecule has 4 aromatic rings. The van der Waals surface area contributed by atoms with Gasteiger partial charge in [0.25, 0.3) is 0 Å². The van der Waals surface area contributed by atoms with Crippen molar-refractivity contribution in [2.24, 2.45) is 0 Å². The Bertz CT molecular complexity index is 1190. The van der Waals surface area contributed by atoms with Gasteiger partial charge in [-0.3, -0.25) is 0 Å². The number of aromatic nitrogens is 1. The molecule has 0 atom stereocenters. The van der Waals surface area contributed by atoms with Crippen molar-refractivity contribution in [1.82, 2.24) is 4.98 Å². The lowest BCUT2D eigenvalue weighted by Gasteiger charge is -2.05. The normalized spacial score (nSPS) is 12.0. The third-order valence-corrected chi connectivity index (χ3v) is 5.84. The molecule has 1 aliphatic heterocycles. The highest BCUT2D eigenvalue weighted by molar-refractivity contribution is 7.18. The van der Waals surface area contributed by atoms with Gasteiger partial charge in [0.15, 0.2) is 17.2 Å². The number of esters is 1. The van der Waals surface area contributed by atoms with E-state index < -0.39 is 5.97 Å². The Labute approximate surface area is 177 Å². The molecule has 6 heteroatoms. The van der Waals surface area contributed by atoms with Crippen LogP contribution in [0.5, 0.6) is 11.5 Å². The lowest BCUT2D eigenvalue weighted by Crippen LogP contribution is -2.07. The van der Waals surface area contributed by atoms with Gasteiger partial charge < -0.3 is 14.2 Å². The quantitative estimate of drug-likeness (QED) is 0.399. The molecule has 0 saturated heterocycles. The first-order valence-corrected chi connectivity index (χ1v) is 10.3. The molecule has 1 aliphatic rings. The molecule has 0 spiro atoms. The van der Waals surface area contributed by atoms with Crippen molar-refractivity contribution >= 4 is 17.3 Å². The van der Waals surface area contributed by atoms with Crippen LogP contribution < -0.4 is 9.47 Å². The highest BCUT2D eigenvalue weighted by Gasteiger charge is 2.23. The van der Waals surface area contributed by atoms with Gasteiger partial charge in [-0.15, -0.1) is 11.3 Å². The summed E-state index contributed by atoms with van der Waals surface area (Å²) in [5, 5.41) is 0.721. The zero-order valence-electron chi connectivity index (χ0n) is 15.9. The predicted octanol–water partition coefficient (Wildman–Crippen LogP) is 5.56. The predicted molar refractivity (Wildman–Crippen MR) is 115 cm³/mol. The van der Waals surface area contributed by atoms with Crippen molar-refractivity contribution in [2.45, 2.75) is 6.61 Å². The number of benzene rings is 3. The van der Waals surface area contributed by atoms with E-state index in [1.54, 1.807) is 0 Å². The zero-order chi connectivity index (χ0) is 20.3. The number of fused-ring (bicyclic) bond motifs is 1. The topological polar surface area (TPSA) is 57.7 Å². The van der Waals surface area contributed by atoms with Crippen molar-refractivity contribution in [3.05, 3.63) is 90.1 Å². The highest BCUT2D eigenvalue weighted by atomic mass is 32.1. The molecule has 0 amide bonds. The first-order chi connectivity index (χ1) is 14.8. The minimum atomic E-state index is -0.444. The summed E-state index contributed by atoms with van der Waals surface area (Å²) < 4.78 is 16.4. The maximum Gasteiger partial charge on any atom is 0.358 e. The lowest BCUT2D eigenvalue weighted by molar-refractivity contribution is 0.0467. The molecule has 0 radical (unpaired) electrons. The molecular formula is C24H17NO4S. The number of hydrogen-bond donors (Lipinski definition) is 0. The monoisotopic (exact) mass is 415 g/mol. The molecule has 0 saturated carbocycles. The molecule has 2 heterocycles. The molecule has 3 aromatic carbocycles. The molecule has 0 aliphatic carbocycles. The van der Waals surface area contributed by atoms with E-state index in [1.165, 1.54) is 11.3 Å². The van der Waals surface area contributed by atoms with Gasteiger partial charge in [-0.05, 0) is 29.3 Å². The van der Waals surface area contributed by atoms with Gasteiger partial charge in [0, 0.05) is 5.56 Å². The fourth-order valence-corrected chi connectivity index (χ4v) is 4.24. The van der Waals surface area contributed by atoms with Gasteiger partial charge in [-0.25, -0.2) is 9.78 Å². The average Bonchev–Trinajstić information content (AvgIpc) is 3.45. The second-order valence-corrected chi connectivity index (χ2v) is 7.69. The van der Waals surface area contributed by atoms with Crippen LogP contribution in [0, 0.1) is 0 Å². The first kappa shape index (κ1) is 18.4. The number of thiazole rings is 1. The Morgan fingerprint density at radius 3 is 2.43 bits per heavy atom. The average molecular weight is 415 g/mol. The number of rotatable bonds is 5. The van der Waals surface area contributed by atoms with E-state index in [4.69, 9.17) is 14.2 Å². The number of hydrogen-bond acceptors (Lipinski definition) is 6. The van der Waals surface area contributed by atoms with Crippen molar-refractivity contribution in [2.75, 3.05) is 6.79 Å². The second-order valence-electron chi connectivity index (χ2n) is 6.69. The lowest BCUT2D eigenvalue weighted by atomic mass is 10.1. The van der Waals surface area contributed by atoms with Crippen LogP contribution in [-0.4, -0.2) is 17.7 Å². The fraction of sp³-hybridized carbons (Fsp3) is 0.0833. The minimum Gasteiger partial charge on any atom is -0.456 e. The van der Waals surface area contributed by atoms with Crippen LogP contribution in [0.15, 0.2) is 78.9 Å². The van der Waals surface area contributed by atoms with Gasteiger partial charge >= 0.3 is 5.97 Å². The smallest absolute Gasteiger partial charge is 0.358 e. The summed E-state index contributed by atoms with van der Waals surface area (Å²) in [5.41, 5.74) is 3.03. The molecule has 148 valence electrons. The summed E-state index contributed by atoms with van der Waals surface area (Å²) in [4.78, 5) is 18.3. The van der Waals surface area contributed by atoms with Crippen molar-refractivity contribution < 1.29 is 19.0 Å². The van der Waals surface area contributed by atoms with E-state index >= 15 is 0 Å². The molecule has 30 heavy (non-hydrogen) atoms. The molecular weight excluding hydrogens is 398 g/mol. The van der Waals surface area contributed by atoms with E-state index in [0.717, 1.165) is 26.6 Å². The number of carbonyl (C=O) groups is 1. The Morgan fingerprint density at radius 1 is 0.900 bits per heavy atom. The molecule has 5 rings (SSSR count). The van der Waals surface area contributed by atoms with Gasteiger partial charge in [0.05, 0.1) is 4.88 Å². The molecule has 5 nitrogen and oxygen atoms in total. The van der Waals surface area contributed by atoms with Crippen LogP contribution in [0.3, 0.4) is 0 Å². The van der Waals surface area contributed by atoms with Crippen LogP contribution in [0.2, 0.25) is 0 Å². The summed E-state index contributed by atoms with van der Waals surface area (Å²) in [7, 11) is 0. The number of nitrogens with zero attached hydrogens (tertiary/aromatic N) is 1. The molecule has 0 bridgehead atoms. The minimum absolute atomic E-state index is 0.199. The van der Waals surface area contributed by atoms with Crippen LogP contribution in [0.1, 0.15) is 16.1 Å². The van der Waals surface area contributed by atoms with Gasteiger partial charge in [0.2, 0.25) is 6.79 Å². The van der Waals surface area contributed by atoms with Crippen LogP contribution >= 0.6 is 11.3 Å². The maximum absolute atomic E-state index is 12.9. The molecule has 0 unspecified atom stereocenters. The Hall–Kier alpha value is -3.64. The third kappa shape index (κ3) is 3.65.